The van der Waals surface area contributed by atoms with Crippen LogP contribution in [-0.4, -0.2) is 49.4 Å². The van der Waals surface area contributed by atoms with Crippen LogP contribution in [0, 0.1) is 17.8 Å². The summed E-state index contributed by atoms with van der Waals surface area (Å²) >= 11 is 12.2. The number of nitrogens with one attached hydrogen (secondary N) is 1. The molecule has 5 nitrogen and oxygen atoms in total. The van der Waals surface area contributed by atoms with Gasteiger partial charge in [0.05, 0.1) is 10.7 Å². The normalized spacial score (nSPS) is 28.2. The lowest BCUT2D eigenvalue weighted by molar-refractivity contribution is -0.139. The maximum atomic E-state index is 12.8. The van der Waals surface area contributed by atoms with Crippen LogP contribution in [0.2, 0.25) is 10.0 Å². The molecule has 0 aromatic heterocycles. The van der Waals surface area contributed by atoms with E-state index in [1.165, 1.54) is 0 Å². The Kier molecular flexibility index (Phi) is 5.49. The number of fused-ring (bicyclic) bond motifs is 1. The summed E-state index contributed by atoms with van der Waals surface area (Å²) in [5, 5.41) is 4.36. The van der Waals surface area contributed by atoms with Gasteiger partial charge in [0.25, 0.3) is 0 Å². The molecule has 4 rings (SSSR count). The van der Waals surface area contributed by atoms with Gasteiger partial charge < -0.3 is 15.1 Å². The Labute approximate surface area is 163 Å². The van der Waals surface area contributed by atoms with E-state index in [9.17, 15) is 9.59 Å². The van der Waals surface area contributed by atoms with E-state index in [-0.39, 0.29) is 24.2 Å². The molecule has 3 fully saturated rings. The van der Waals surface area contributed by atoms with Crippen molar-refractivity contribution in [2.45, 2.75) is 6.42 Å². The van der Waals surface area contributed by atoms with E-state index in [2.05, 4.69) is 5.32 Å². The second kappa shape index (κ2) is 7.31. The van der Waals surface area contributed by atoms with Crippen LogP contribution in [0.3, 0.4) is 0 Å². The van der Waals surface area contributed by atoms with Crippen molar-refractivity contribution in [1.82, 2.24) is 10.2 Å². The molecule has 1 aromatic carbocycles. The molecule has 3 atom stereocenters. The van der Waals surface area contributed by atoms with Gasteiger partial charge in [-0.15, -0.1) is 12.4 Å². The average molecular weight is 405 g/mol. The lowest BCUT2D eigenvalue weighted by Gasteiger charge is -2.22. The molecular formula is C17H20Cl3N3O2. The zero-order valence-electron chi connectivity index (χ0n) is 13.6. The Morgan fingerprint density at radius 2 is 1.84 bits per heavy atom. The van der Waals surface area contributed by atoms with Crippen molar-refractivity contribution in [3.05, 3.63) is 28.2 Å². The number of hydrogen-bond acceptors (Lipinski definition) is 3. The number of carbonyl (C=O) groups is 2. The van der Waals surface area contributed by atoms with Gasteiger partial charge in [0.15, 0.2) is 0 Å². The first-order valence-corrected chi connectivity index (χ1v) is 9.06. The summed E-state index contributed by atoms with van der Waals surface area (Å²) in [7, 11) is 0. The summed E-state index contributed by atoms with van der Waals surface area (Å²) in [6.45, 7) is 3.96. The second-order valence-corrected chi connectivity index (χ2v) is 7.69. The summed E-state index contributed by atoms with van der Waals surface area (Å²) < 4.78 is 0. The van der Waals surface area contributed by atoms with Crippen molar-refractivity contribution in [2.24, 2.45) is 17.8 Å². The van der Waals surface area contributed by atoms with E-state index in [0.29, 0.717) is 40.5 Å². The standard InChI is InChI=1S/C17H19Cl2N3O2.ClH/c18-12-1-2-14(19)15(5-12)22-4-3-13(17(22)24)16(23)21-8-10-6-20-7-11(10)9-21;/h1-2,5,10-11,13,20H,3-4,6-9H2;1H/t10-,11+,13?;. The Morgan fingerprint density at radius 1 is 1.16 bits per heavy atom. The van der Waals surface area contributed by atoms with Crippen molar-refractivity contribution >= 4 is 53.1 Å². The van der Waals surface area contributed by atoms with E-state index in [1.807, 2.05) is 4.90 Å². The van der Waals surface area contributed by atoms with Crippen LogP contribution >= 0.6 is 35.6 Å². The van der Waals surface area contributed by atoms with E-state index < -0.39 is 5.92 Å². The summed E-state index contributed by atoms with van der Waals surface area (Å²) in [5.74, 6) is 0.272. The topological polar surface area (TPSA) is 52.7 Å². The van der Waals surface area contributed by atoms with Crippen LogP contribution in [0.5, 0.6) is 0 Å². The molecular weight excluding hydrogens is 385 g/mol. The van der Waals surface area contributed by atoms with Gasteiger partial charge in [-0.3, -0.25) is 9.59 Å². The molecule has 0 radical (unpaired) electrons. The first-order chi connectivity index (χ1) is 11.5. The highest BCUT2D eigenvalue weighted by Crippen LogP contribution is 2.35. The van der Waals surface area contributed by atoms with Crippen LogP contribution in [-0.2, 0) is 9.59 Å². The van der Waals surface area contributed by atoms with Gasteiger partial charge in [0.1, 0.15) is 5.92 Å². The lowest BCUT2D eigenvalue weighted by atomic mass is 10.0. The van der Waals surface area contributed by atoms with Crippen LogP contribution in [0.25, 0.3) is 0 Å². The van der Waals surface area contributed by atoms with Gasteiger partial charge in [-0.25, -0.2) is 0 Å². The predicted octanol–water partition coefficient (Wildman–Crippen LogP) is 2.45. The number of anilines is 1. The van der Waals surface area contributed by atoms with E-state index in [0.717, 1.165) is 26.2 Å². The summed E-state index contributed by atoms with van der Waals surface area (Å²) in [4.78, 5) is 29.1. The third-order valence-electron chi connectivity index (χ3n) is 5.40. The van der Waals surface area contributed by atoms with Crippen LogP contribution in [0.4, 0.5) is 5.69 Å². The summed E-state index contributed by atoms with van der Waals surface area (Å²) in [6.07, 6.45) is 0.532. The molecule has 8 heteroatoms. The number of halogens is 3. The fourth-order valence-electron chi connectivity index (χ4n) is 4.10. The zero-order valence-corrected chi connectivity index (χ0v) is 15.9. The average Bonchev–Trinajstić information content (AvgIpc) is 3.23. The van der Waals surface area contributed by atoms with E-state index in [1.54, 1.807) is 23.1 Å². The van der Waals surface area contributed by atoms with Gasteiger partial charge >= 0.3 is 0 Å². The van der Waals surface area contributed by atoms with Crippen LogP contribution in [0.15, 0.2) is 18.2 Å². The number of rotatable bonds is 2. The van der Waals surface area contributed by atoms with Gasteiger partial charge in [-0.1, -0.05) is 23.2 Å². The third kappa shape index (κ3) is 3.35. The van der Waals surface area contributed by atoms with Crippen molar-refractivity contribution in [3.63, 3.8) is 0 Å². The maximum absolute atomic E-state index is 12.8. The monoisotopic (exact) mass is 403 g/mol. The summed E-state index contributed by atoms with van der Waals surface area (Å²) in [6, 6.07) is 5.05. The number of amides is 2. The number of hydrogen-bond donors (Lipinski definition) is 1. The highest BCUT2D eigenvalue weighted by atomic mass is 35.5. The fourth-order valence-corrected chi connectivity index (χ4v) is 4.48. The minimum absolute atomic E-state index is 0. The smallest absolute Gasteiger partial charge is 0.239 e. The molecule has 3 aliphatic heterocycles. The number of benzene rings is 1. The number of likely N-dealkylation sites (tertiary alicyclic amines) is 1. The van der Waals surface area contributed by atoms with Gasteiger partial charge in [-0.2, -0.15) is 0 Å². The van der Waals surface area contributed by atoms with Gasteiger partial charge in [0.2, 0.25) is 11.8 Å². The van der Waals surface area contributed by atoms with E-state index >= 15 is 0 Å². The van der Waals surface area contributed by atoms with Crippen LogP contribution in [0.1, 0.15) is 6.42 Å². The minimum Gasteiger partial charge on any atom is -0.341 e. The molecule has 2 amide bonds. The predicted molar refractivity (Wildman–Crippen MR) is 101 cm³/mol. The number of carbonyl (C=O) groups excluding carboxylic acids is 2. The van der Waals surface area contributed by atoms with Crippen molar-refractivity contribution in [1.29, 1.82) is 0 Å². The Hall–Kier alpha value is -1.01. The first-order valence-electron chi connectivity index (χ1n) is 8.30. The van der Waals surface area contributed by atoms with Crippen LogP contribution < -0.4 is 10.2 Å². The SMILES string of the molecule is Cl.O=C(C1CCN(c2cc(Cl)ccc2Cl)C1=O)N1C[C@H]2CNC[C@H]2C1. The minimum atomic E-state index is -0.591. The third-order valence-corrected chi connectivity index (χ3v) is 5.96. The zero-order chi connectivity index (χ0) is 16.8. The highest BCUT2D eigenvalue weighted by molar-refractivity contribution is 6.36. The fraction of sp³-hybridized carbons (Fsp3) is 0.529. The van der Waals surface area contributed by atoms with Gasteiger partial charge in [-0.05, 0) is 36.5 Å². The maximum Gasteiger partial charge on any atom is 0.239 e. The summed E-state index contributed by atoms with van der Waals surface area (Å²) in [5.41, 5.74) is 0.590. The quantitative estimate of drug-likeness (QED) is 0.770. The molecule has 1 unspecified atom stereocenters. The lowest BCUT2D eigenvalue weighted by Crippen LogP contribution is -2.40. The molecule has 25 heavy (non-hydrogen) atoms. The molecule has 136 valence electrons. The highest BCUT2D eigenvalue weighted by Gasteiger charge is 2.44. The van der Waals surface area contributed by atoms with E-state index in [4.69, 9.17) is 23.2 Å². The molecule has 0 aliphatic carbocycles. The Bertz CT molecular complexity index is 688. The Morgan fingerprint density at radius 3 is 2.52 bits per heavy atom. The molecule has 0 saturated carbocycles. The molecule has 3 heterocycles. The van der Waals surface area contributed by atoms with Gasteiger partial charge in [0, 0.05) is 37.7 Å². The van der Waals surface area contributed by atoms with Crippen molar-refractivity contribution in [3.8, 4) is 0 Å². The number of nitrogens with zero attached hydrogens (tertiary/aromatic N) is 2. The first kappa shape index (κ1) is 18.8. The Balaban J connectivity index is 0.00000182. The molecule has 0 spiro atoms. The molecule has 1 aromatic rings. The molecule has 1 N–H and O–H groups in total. The van der Waals surface area contributed by atoms with Crippen molar-refractivity contribution < 1.29 is 9.59 Å². The second-order valence-electron chi connectivity index (χ2n) is 6.85. The van der Waals surface area contributed by atoms with Crippen molar-refractivity contribution in [2.75, 3.05) is 37.6 Å². The molecule has 3 saturated heterocycles. The largest absolute Gasteiger partial charge is 0.341 e. The molecule has 0 bridgehead atoms. The molecule has 3 aliphatic rings.